The summed E-state index contributed by atoms with van der Waals surface area (Å²) in [5.41, 5.74) is 6.22. The van der Waals surface area contributed by atoms with Gasteiger partial charge in [0.2, 0.25) is 0 Å². The maximum absolute atomic E-state index is 11.9. The van der Waals surface area contributed by atoms with Crippen LogP contribution in [0.5, 0.6) is 0 Å². The van der Waals surface area contributed by atoms with Crippen LogP contribution in [-0.2, 0) is 0 Å². The molecule has 14 heavy (non-hydrogen) atoms. The van der Waals surface area contributed by atoms with Crippen LogP contribution in [0.1, 0.15) is 26.7 Å². The highest BCUT2D eigenvalue weighted by atomic mass is 19.4. The van der Waals surface area contributed by atoms with Crippen molar-refractivity contribution in [3.63, 3.8) is 0 Å². The molecule has 0 spiro atoms. The standard InChI is InChI=1S/C9H15F3N2/c1-7(3-4-13)6-14-8(2)5-9(10,11)12/h6H,3-5,13H2,1-2H3/b7-6+,14-8?. The van der Waals surface area contributed by atoms with E-state index in [1.54, 1.807) is 6.92 Å². The minimum Gasteiger partial charge on any atom is -0.330 e. The van der Waals surface area contributed by atoms with E-state index in [-0.39, 0.29) is 5.71 Å². The Hall–Kier alpha value is -0.840. The highest BCUT2D eigenvalue weighted by molar-refractivity contribution is 5.83. The molecule has 0 rings (SSSR count). The van der Waals surface area contributed by atoms with E-state index in [2.05, 4.69) is 4.99 Å². The summed E-state index contributed by atoms with van der Waals surface area (Å²) in [4.78, 5) is 3.71. The third kappa shape index (κ3) is 7.79. The lowest BCUT2D eigenvalue weighted by Gasteiger charge is -2.04. The summed E-state index contributed by atoms with van der Waals surface area (Å²) in [7, 11) is 0. The Morgan fingerprint density at radius 2 is 1.93 bits per heavy atom. The van der Waals surface area contributed by atoms with Crippen molar-refractivity contribution in [3.05, 3.63) is 11.8 Å². The fraction of sp³-hybridized carbons (Fsp3) is 0.667. The molecule has 2 N–H and O–H groups in total. The van der Waals surface area contributed by atoms with Gasteiger partial charge in [-0.25, -0.2) is 0 Å². The Labute approximate surface area is 81.7 Å². The maximum Gasteiger partial charge on any atom is 0.394 e. The number of alkyl halides is 3. The predicted molar refractivity (Wildman–Crippen MR) is 51.2 cm³/mol. The Bertz CT molecular complexity index is 229. The van der Waals surface area contributed by atoms with E-state index >= 15 is 0 Å². The highest BCUT2D eigenvalue weighted by Crippen LogP contribution is 2.20. The fourth-order valence-corrected chi connectivity index (χ4v) is 0.848. The van der Waals surface area contributed by atoms with Crippen LogP contribution in [0.4, 0.5) is 13.2 Å². The van der Waals surface area contributed by atoms with Crippen molar-refractivity contribution in [2.75, 3.05) is 6.54 Å². The molecule has 0 atom stereocenters. The lowest BCUT2D eigenvalue weighted by atomic mass is 10.2. The normalized spacial score (nSPS) is 14.7. The third-order valence-electron chi connectivity index (χ3n) is 1.50. The third-order valence-corrected chi connectivity index (χ3v) is 1.50. The van der Waals surface area contributed by atoms with Crippen molar-refractivity contribution in [2.24, 2.45) is 10.7 Å². The van der Waals surface area contributed by atoms with E-state index in [0.717, 1.165) is 5.57 Å². The van der Waals surface area contributed by atoms with Crippen molar-refractivity contribution >= 4 is 5.71 Å². The van der Waals surface area contributed by atoms with Gasteiger partial charge < -0.3 is 5.73 Å². The van der Waals surface area contributed by atoms with Gasteiger partial charge in [0.15, 0.2) is 0 Å². The second-order valence-electron chi connectivity index (χ2n) is 3.17. The number of nitrogens with two attached hydrogens (primary N) is 1. The molecule has 0 aliphatic carbocycles. The summed E-state index contributed by atoms with van der Waals surface area (Å²) in [6, 6.07) is 0. The molecule has 0 aromatic carbocycles. The van der Waals surface area contributed by atoms with E-state index in [4.69, 9.17) is 5.73 Å². The zero-order chi connectivity index (χ0) is 11.2. The predicted octanol–water partition coefficient (Wildman–Crippen LogP) is 2.65. The van der Waals surface area contributed by atoms with Gasteiger partial charge >= 0.3 is 6.18 Å². The van der Waals surface area contributed by atoms with Crippen LogP contribution in [-0.4, -0.2) is 18.4 Å². The van der Waals surface area contributed by atoms with Crippen LogP contribution in [0, 0.1) is 0 Å². The fourth-order valence-electron chi connectivity index (χ4n) is 0.848. The SMILES string of the molecule is CC(CC(F)(F)F)=N/C=C(\C)CCN. The van der Waals surface area contributed by atoms with E-state index in [9.17, 15) is 13.2 Å². The number of halogens is 3. The molecule has 0 saturated heterocycles. The zero-order valence-electron chi connectivity index (χ0n) is 8.36. The van der Waals surface area contributed by atoms with Gasteiger partial charge in [-0.3, -0.25) is 4.99 Å². The molecule has 2 nitrogen and oxygen atoms in total. The average molecular weight is 208 g/mol. The Morgan fingerprint density at radius 1 is 1.36 bits per heavy atom. The molecule has 0 aliphatic heterocycles. The molecule has 0 radical (unpaired) electrons. The topological polar surface area (TPSA) is 38.4 Å². The molecule has 0 heterocycles. The van der Waals surface area contributed by atoms with Gasteiger partial charge in [-0.2, -0.15) is 13.2 Å². The lowest BCUT2D eigenvalue weighted by molar-refractivity contribution is -0.121. The van der Waals surface area contributed by atoms with Gasteiger partial charge in [-0.05, 0) is 26.8 Å². The van der Waals surface area contributed by atoms with Gasteiger partial charge in [0, 0.05) is 11.9 Å². The number of nitrogens with zero attached hydrogens (tertiary/aromatic N) is 1. The second kappa shape index (κ2) is 5.80. The molecule has 0 aromatic rings. The van der Waals surface area contributed by atoms with Crippen LogP contribution < -0.4 is 5.73 Å². The molecular formula is C9H15F3N2. The van der Waals surface area contributed by atoms with Crippen molar-refractivity contribution in [3.8, 4) is 0 Å². The van der Waals surface area contributed by atoms with Crippen molar-refractivity contribution in [1.82, 2.24) is 0 Å². The smallest absolute Gasteiger partial charge is 0.330 e. The molecule has 0 bridgehead atoms. The second-order valence-corrected chi connectivity index (χ2v) is 3.17. The van der Waals surface area contributed by atoms with Crippen LogP contribution >= 0.6 is 0 Å². The summed E-state index contributed by atoms with van der Waals surface area (Å²) in [5, 5.41) is 0. The molecule has 0 saturated carbocycles. The monoisotopic (exact) mass is 208 g/mol. The first-order valence-electron chi connectivity index (χ1n) is 4.31. The molecule has 82 valence electrons. The molecule has 0 fully saturated rings. The van der Waals surface area contributed by atoms with Gasteiger partial charge in [0.05, 0.1) is 6.42 Å². The number of rotatable bonds is 4. The quantitative estimate of drug-likeness (QED) is 0.708. The molecule has 0 unspecified atom stereocenters. The van der Waals surface area contributed by atoms with Crippen LogP contribution in [0.2, 0.25) is 0 Å². The first-order chi connectivity index (χ1) is 6.35. The Kier molecular flexibility index (Phi) is 5.45. The van der Waals surface area contributed by atoms with Gasteiger partial charge in [-0.1, -0.05) is 5.57 Å². The van der Waals surface area contributed by atoms with E-state index in [1.807, 2.05) is 0 Å². The van der Waals surface area contributed by atoms with Gasteiger partial charge in [-0.15, -0.1) is 0 Å². The Morgan fingerprint density at radius 3 is 2.36 bits per heavy atom. The molecule has 0 amide bonds. The number of hydrogen-bond donors (Lipinski definition) is 1. The first kappa shape index (κ1) is 13.2. The zero-order valence-corrected chi connectivity index (χ0v) is 8.36. The minimum atomic E-state index is -4.18. The van der Waals surface area contributed by atoms with E-state index < -0.39 is 12.6 Å². The van der Waals surface area contributed by atoms with Crippen molar-refractivity contribution in [1.29, 1.82) is 0 Å². The summed E-state index contributed by atoms with van der Waals surface area (Å²) >= 11 is 0. The van der Waals surface area contributed by atoms with Gasteiger partial charge in [0.1, 0.15) is 0 Å². The largest absolute Gasteiger partial charge is 0.394 e. The van der Waals surface area contributed by atoms with Crippen LogP contribution in [0.15, 0.2) is 16.8 Å². The Balaban J connectivity index is 4.18. The van der Waals surface area contributed by atoms with Crippen molar-refractivity contribution in [2.45, 2.75) is 32.9 Å². The van der Waals surface area contributed by atoms with Gasteiger partial charge in [0.25, 0.3) is 0 Å². The molecular weight excluding hydrogens is 193 g/mol. The number of hydrogen-bond acceptors (Lipinski definition) is 2. The molecule has 5 heteroatoms. The highest BCUT2D eigenvalue weighted by Gasteiger charge is 2.27. The minimum absolute atomic E-state index is 0.0638. The van der Waals surface area contributed by atoms with E-state index in [0.29, 0.717) is 13.0 Å². The van der Waals surface area contributed by atoms with Crippen LogP contribution in [0.25, 0.3) is 0 Å². The summed E-state index contributed by atoms with van der Waals surface area (Å²) in [5.74, 6) is 0. The molecule has 0 aliphatic rings. The first-order valence-corrected chi connectivity index (χ1v) is 4.31. The van der Waals surface area contributed by atoms with Crippen LogP contribution in [0.3, 0.4) is 0 Å². The summed E-state index contributed by atoms with van der Waals surface area (Å²) in [6.45, 7) is 3.63. The number of aliphatic imine (C=N–C) groups is 1. The average Bonchev–Trinajstić information content (AvgIpc) is 1.98. The summed E-state index contributed by atoms with van der Waals surface area (Å²) in [6.07, 6.45) is -3.04. The van der Waals surface area contributed by atoms with E-state index in [1.165, 1.54) is 13.1 Å². The lowest BCUT2D eigenvalue weighted by Crippen LogP contribution is -2.12. The summed E-state index contributed by atoms with van der Waals surface area (Å²) < 4.78 is 35.6. The van der Waals surface area contributed by atoms with Crippen molar-refractivity contribution < 1.29 is 13.2 Å². The molecule has 0 aromatic heterocycles. The maximum atomic E-state index is 11.9.